The van der Waals surface area contributed by atoms with Crippen LogP contribution in [-0.2, 0) is 9.84 Å². The molecule has 0 radical (unpaired) electrons. The van der Waals surface area contributed by atoms with Crippen LogP contribution in [0.5, 0.6) is 0 Å². The van der Waals surface area contributed by atoms with Crippen LogP contribution in [0.2, 0.25) is 5.15 Å². The first-order chi connectivity index (χ1) is 11.9. The number of nitrogens with one attached hydrogen (secondary N) is 1. The van der Waals surface area contributed by atoms with Crippen molar-refractivity contribution < 1.29 is 8.42 Å². The predicted molar refractivity (Wildman–Crippen MR) is 96.7 cm³/mol. The summed E-state index contributed by atoms with van der Waals surface area (Å²) in [7, 11) is -3.01. The van der Waals surface area contributed by atoms with Gasteiger partial charge >= 0.3 is 0 Å². The monoisotopic (exact) mass is 400 g/mol. The minimum Gasteiger partial charge on any atom is -0.250 e. The largest absolute Gasteiger partial charge is 0.250 e. The molecular weight excluding hydrogens is 384 g/mol. The quantitative estimate of drug-likeness (QED) is 0.626. The van der Waals surface area contributed by atoms with Crippen LogP contribution in [0.4, 0.5) is 0 Å². The SMILES string of the molecule is Cc1nn([C@@H]2CCS(=O)(=O)C2)c(Cl)c1/C=N\n1c(C2CC2)n[nH]c1=S. The fourth-order valence-corrected chi connectivity index (χ4v) is 5.27. The van der Waals surface area contributed by atoms with E-state index in [1.165, 1.54) is 0 Å². The number of hydrogen-bond acceptors (Lipinski definition) is 6. The Bertz CT molecular complexity index is 1010. The van der Waals surface area contributed by atoms with Crippen molar-refractivity contribution in [2.45, 2.75) is 38.1 Å². The first-order valence-corrected chi connectivity index (χ1v) is 10.6. The zero-order chi connectivity index (χ0) is 17.8. The average molecular weight is 401 g/mol. The molecule has 1 aliphatic heterocycles. The van der Waals surface area contributed by atoms with Crippen LogP contribution in [0.15, 0.2) is 5.10 Å². The van der Waals surface area contributed by atoms with E-state index in [2.05, 4.69) is 20.4 Å². The number of hydrogen-bond donors (Lipinski definition) is 1. The lowest BCUT2D eigenvalue weighted by Crippen LogP contribution is -2.12. The van der Waals surface area contributed by atoms with Crippen LogP contribution in [0, 0.1) is 11.7 Å². The van der Waals surface area contributed by atoms with Crippen molar-refractivity contribution in [1.82, 2.24) is 24.7 Å². The van der Waals surface area contributed by atoms with Crippen LogP contribution >= 0.6 is 23.8 Å². The minimum atomic E-state index is -3.01. The minimum absolute atomic E-state index is 0.0725. The van der Waals surface area contributed by atoms with Crippen molar-refractivity contribution >= 4 is 39.9 Å². The Morgan fingerprint density at radius 1 is 1.40 bits per heavy atom. The zero-order valence-electron chi connectivity index (χ0n) is 13.5. The van der Waals surface area contributed by atoms with Crippen molar-refractivity contribution in [1.29, 1.82) is 0 Å². The molecule has 1 N–H and O–H groups in total. The van der Waals surface area contributed by atoms with E-state index >= 15 is 0 Å². The molecule has 8 nitrogen and oxygen atoms in total. The molecule has 0 spiro atoms. The highest BCUT2D eigenvalue weighted by atomic mass is 35.5. The van der Waals surface area contributed by atoms with Gasteiger partial charge in [0, 0.05) is 5.92 Å². The summed E-state index contributed by atoms with van der Waals surface area (Å²) in [6, 6.07) is -0.225. The number of H-pyrrole nitrogens is 1. The van der Waals surface area contributed by atoms with Gasteiger partial charge < -0.3 is 0 Å². The van der Waals surface area contributed by atoms with Gasteiger partial charge in [0.1, 0.15) is 5.15 Å². The van der Waals surface area contributed by atoms with Gasteiger partial charge in [0.15, 0.2) is 15.7 Å². The molecule has 1 aliphatic carbocycles. The molecule has 1 atom stereocenters. The molecule has 11 heteroatoms. The van der Waals surface area contributed by atoms with Gasteiger partial charge in [-0.15, -0.1) is 0 Å². The standard InChI is InChI=1S/C14H17ClN6O2S2/c1-8-11(6-16-21-13(9-2-3-9)17-18-14(21)24)12(15)20(19-8)10-4-5-25(22,23)7-10/h6,9-10H,2-5,7H2,1H3,(H,18,24)/b16-6-/t10-/m1/s1. The number of nitrogens with zero attached hydrogens (tertiary/aromatic N) is 5. The smallest absolute Gasteiger partial charge is 0.216 e. The number of rotatable bonds is 4. The Labute approximate surface area is 154 Å². The molecule has 0 aromatic carbocycles. The number of aromatic nitrogens is 5. The molecule has 1 saturated carbocycles. The fraction of sp³-hybridized carbons (Fsp3) is 0.571. The second-order valence-electron chi connectivity index (χ2n) is 6.51. The second kappa shape index (κ2) is 6.03. The van der Waals surface area contributed by atoms with Gasteiger partial charge in [-0.3, -0.25) is 5.10 Å². The third-order valence-electron chi connectivity index (χ3n) is 4.55. The molecule has 134 valence electrons. The average Bonchev–Trinajstić information content (AvgIpc) is 3.16. The summed E-state index contributed by atoms with van der Waals surface area (Å²) in [5.41, 5.74) is 1.36. The van der Waals surface area contributed by atoms with E-state index in [0.29, 0.717) is 33.5 Å². The maximum Gasteiger partial charge on any atom is 0.216 e. The van der Waals surface area contributed by atoms with Crippen LogP contribution in [0.3, 0.4) is 0 Å². The topological polar surface area (TPSA) is 97.9 Å². The third kappa shape index (κ3) is 3.18. The Hall–Kier alpha value is -1.52. The van der Waals surface area contributed by atoms with Gasteiger partial charge in [0.2, 0.25) is 4.77 Å². The van der Waals surface area contributed by atoms with Gasteiger partial charge in [-0.05, 0) is 38.4 Å². The molecule has 4 rings (SSSR count). The van der Waals surface area contributed by atoms with Gasteiger partial charge in [-0.2, -0.15) is 20.0 Å². The van der Waals surface area contributed by atoms with E-state index in [4.69, 9.17) is 23.8 Å². The molecule has 0 amide bonds. The van der Waals surface area contributed by atoms with Crippen molar-refractivity contribution in [3.63, 3.8) is 0 Å². The van der Waals surface area contributed by atoms with Gasteiger partial charge in [0.05, 0.1) is 35.0 Å². The molecule has 1 saturated heterocycles. The van der Waals surface area contributed by atoms with E-state index in [1.54, 1.807) is 15.6 Å². The predicted octanol–water partition coefficient (Wildman–Crippen LogP) is 2.22. The third-order valence-corrected chi connectivity index (χ3v) is 6.94. The molecular formula is C14H17ClN6O2S2. The van der Waals surface area contributed by atoms with E-state index in [-0.39, 0.29) is 17.5 Å². The second-order valence-corrected chi connectivity index (χ2v) is 9.48. The van der Waals surface area contributed by atoms with E-state index in [9.17, 15) is 8.42 Å². The highest BCUT2D eigenvalue weighted by Gasteiger charge is 2.32. The Morgan fingerprint density at radius 2 is 2.16 bits per heavy atom. The Kier molecular flexibility index (Phi) is 4.08. The van der Waals surface area contributed by atoms with Gasteiger partial charge in [0.25, 0.3) is 0 Å². The summed E-state index contributed by atoms with van der Waals surface area (Å²) < 4.78 is 27.1. The summed E-state index contributed by atoms with van der Waals surface area (Å²) in [6.07, 6.45) is 4.31. The summed E-state index contributed by atoms with van der Waals surface area (Å²) in [5, 5.41) is 16.2. The van der Waals surface area contributed by atoms with Crippen molar-refractivity contribution in [2.75, 3.05) is 11.5 Å². The molecule has 2 aromatic rings. The molecule has 2 aliphatic rings. The maximum atomic E-state index is 11.7. The zero-order valence-corrected chi connectivity index (χ0v) is 15.9. The Morgan fingerprint density at radius 3 is 2.80 bits per heavy atom. The van der Waals surface area contributed by atoms with Gasteiger partial charge in [-0.25, -0.2) is 13.1 Å². The lowest BCUT2D eigenvalue weighted by atomic mass is 10.2. The molecule has 25 heavy (non-hydrogen) atoms. The molecule has 3 heterocycles. The van der Waals surface area contributed by atoms with Crippen LogP contribution in [0.25, 0.3) is 0 Å². The summed E-state index contributed by atoms with van der Waals surface area (Å²) in [6.45, 7) is 1.82. The van der Waals surface area contributed by atoms with Gasteiger partial charge in [-0.1, -0.05) is 11.6 Å². The number of aromatic amines is 1. The van der Waals surface area contributed by atoms with Crippen LogP contribution in [0.1, 0.15) is 48.3 Å². The number of aryl methyl sites for hydroxylation is 1. The normalized spacial score (nSPS) is 22.9. The van der Waals surface area contributed by atoms with Crippen LogP contribution in [-0.4, -0.2) is 50.8 Å². The van der Waals surface area contributed by atoms with Crippen LogP contribution < -0.4 is 0 Å². The lowest BCUT2D eigenvalue weighted by molar-refractivity contribution is 0.497. The van der Waals surface area contributed by atoms with E-state index in [0.717, 1.165) is 18.7 Å². The molecule has 2 fully saturated rings. The first kappa shape index (κ1) is 16.9. The summed E-state index contributed by atoms with van der Waals surface area (Å²) in [4.78, 5) is 0. The molecule has 0 bridgehead atoms. The number of halogens is 1. The molecule has 2 aromatic heterocycles. The highest BCUT2D eigenvalue weighted by molar-refractivity contribution is 7.91. The van der Waals surface area contributed by atoms with Crippen molar-refractivity contribution in [3.8, 4) is 0 Å². The highest BCUT2D eigenvalue weighted by Crippen LogP contribution is 2.38. The van der Waals surface area contributed by atoms with Crippen molar-refractivity contribution in [2.24, 2.45) is 5.10 Å². The lowest BCUT2D eigenvalue weighted by Gasteiger charge is -2.09. The van der Waals surface area contributed by atoms with E-state index in [1.807, 2.05) is 6.92 Å². The Balaban J connectivity index is 1.66. The molecule has 0 unspecified atom stereocenters. The summed E-state index contributed by atoms with van der Waals surface area (Å²) >= 11 is 11.7. The summed E-state index contributed by atoms with van der Waals surface area (Å²) in [5.74, 6) is 1.46. The first-order valence-electron chi connectivity index (χ1n) is 8.02. The van der Waals surface area contributed by atoms with E-state index < -0.39 is 9.84 Å². The fourth-order valence-electron chi connectivity index (χ4n) is 3.03. The number of sulfone groups is 1. The van der Waals surface area contributed by atoms with Crippen molar-refractivity contribution in [3.05, 3.63) is 27.0 Å². The maximum absolute atomic E-state index is 11.7.